The number of hydrogen-bond acceptors (Lipinski definition) is 3. The molecule has 2 fully saturated rings. The number of hydrogen-bond donors (Lipinski definition) is 1. The van der Waals surface area contributed by atoms with Crippen LogP contribution in [-0.2, 0) is 18.4 Å². The van der Waals surface area contributed by atoms with Crippen LogP contribution in [-0.4, -0.2) is 39.5 Å². The van der Waals surface area contributed by atoms with E-state index in [-0.39, 0.29) is 0 Å². The number of nitrogens with zero attached hydrogens (tertiary/aromatic N) is 3. The highest BCUT2D eigenvalue weighted by Gasteiger charge is 2.34. The van der Waals surface area contributed by atoms with Crippen LogP contribution in [0.15, 0.2) is 12.4 Å². The van der Waals surface area contributed by atoms with E-state index < -0.39 is 0 Å². The van der Waals surface area contributed by atoms with Gasteiger partial charge in [0.2, 0.25) is 5.91 Å². The molecule has 2 heterocycles. The second-order valence-corrected chi connectivity index (χ2v) is 6.12. The molecule has 3 rings (SSSR count). The summed E-state index contributed by atoms with van der Waals surface area (Å²) in [4.78, 5) is 19.0. The van der Waals surface area contributed by atoms with Crippen LogP contribution in [0.4, 0.5) is 0 Å². The maximum Gasteiger partial charge on any atom is 0.223 e. The second-order valence-electron chi connectivity index (χ2n) is 6.12. The number of aryl methyl sites for hydroxylation is 1. The first-order valence-corrected chi connectivity index (χ1v) is 7.70. The topological polar surface area (TPSA) is 50.2 Å². The molecule has 1 N–H and O–H groups in total. The number of rotatable bonds is 5. The van der Waals surface area contributed by atoms with Crippen molar-refractivity contribution in [2.24, 2.45) is 13.0 Å². The summed E-state index contributed by atoms with van der Waals surface area (Å²) in [7, 11) is 1.99. The van der Waals surface area contributed by atoms with E-state index in [4.69, 9.17) is 0 Å². The Morgan fingerprint density at radius 3 is 2.95 bits per heavy atom. The van der Waals surface area contributed by atoms with Crippen LogP contribution in [0.5, 0.6) is 0 Å². The third-order valence-corrected chi connectivity index (χ3v) is 4.40. The smallest absolute Gasteiger partial charge is 0.223 e. The molecule has 0 bridgehead atoms. The Balaban J connectivity index is 1.61. The lowest BCUT2D eigenvalue weighted by Crippen LogP contribution is -2.38. The average Bonchev–Trinajstić information content (AvgIpc) is 3.21. The molecule has 2 aliphatic rings. The van der Waals surface area contributed by atoms with Gasteiger partial charge in [-0.05, 0) is 44.7 Å². The fourth-order valence-corrected chi connectivity index (χ4v) is 2.97. The zero-order chi connectivity index (χ0) is 13.9. The first-order valence-electron chi connectivity index (χ1n) is 7.70. The number of carbonyl (C=O) groups excluding carboxylic acids is 1. The van der Waals surface area contributed by atoms with Gasteiger partial charge in [-0.2, -0.15) is 0 Å². The molecule has 0 spiro atoms. The highest BCUT2D eigenvalue weighted by molar-refractivity contribution is 5.77. The quantitative estimate of drug-likeness (QED) is 0.882. The summed E-state index contributed by atoms with van der Waals surface area (Å²) in [5.74, 6) is 1.80. The lowest BCUT2D eigenvalue weighted by atomic mass is 9.95. The lowest BCUT2D eigenvalue weighted by Gasteiger charge is -2.27. The molecular formula is C15H24N4O. The Hall–Kier alpha value is -1.36. The zero-order valence-electron chi connectivity index (χ0n) is 12.2. The Bertz CT molecular complexity index is 460. The van der Waals surface area contributed by atoms with Crippen molar-refractivity contribution in [2.45, 2.75) is 44.7 Å². The van der Waals surface area contributed by atoms with Gasteiger partial charge in [-0.25, -0.2) is 4.98 Å². The van der Waals surface area contributed by atoms with E-state index in [0.29, 0.717) is 30.8 Å². The van der Waals surface area contributed by atoms with Gasteiger partial charge in [0.05, 0.1) is 6.54 Å². The molecule has 1 saturated heterocycles. The van der Waals surface area contributed by atoms with E-state index in [2.05, 4.69) is 15.2 Å². The standard InChI is InChI=1S/C15H24N4O/c1-18-8-7-17-14(18)11-19(13-4-5-13)15(20)9-12-3-2-6-16-10-12/h7-8,12-13,16H,2-6,9-11H2,1H3. The van der Waals surface area contributed by atoms with Crippen LogP contribution in [0.1, 0.15) is 37.9 Å². The van der Waals surface area contributed by atoms with E-state index in [0.717, 1.165) is 31.8 Å². The van der Waals surface area contributed by atoms with Crippen molar-refractivity contribution in [2.75, 3.05) is 13.1 Å². The molecule has 0 aromatic carbocycles. The normalized spacial score (nSPS) is 22.8. The first kappa shape index (κ1) is 13.6. The predicted octanol–water partition coefficient (Wildman–Crippen LogP) is 1.30. The van der Waals surface area contributed by atoms with Crippen molar-refractivity contribution < 1.29 is 4.79 Å². The molecule has 20 heavy (non-hydrogen) atoms. The third-order valence-electron chi connectivity index (χ3n) is 4.40. The number of carbonyl (C=O) groups is 1. The Kier molecular flexibility index (Phi) is 4.05. The molecule has 1 atom stereocenters. The van der Waals surface area contributed by atoms with Crippen molar-refractivity contribution in [3.05, 3.63) is 18.2 Å². The molecule has 1 aliphatic carbocycles. The fourth-order valence-electron chi connectivity index (χ4n) is 2.97. The maximum atomic E-state index is 12.6. The number of amides is 1. The van der Waals surface area contributed by atoms with Gasteiger partial charge in [0.25, 0.3) is 0 Å². The summed E-state index contributed by atoms with van der Waals surface area (Å²) in [5.41, 5.74) is 0. The van der Waals surface area contributed by atoms with Crippen LogP contribution in [0.25, 0.3) is 0 Å². The van der Waals surface area contributed by atoms with E-state index in [1.54, 1.807) is 6.20 Å². The average molecular weight is 276 g/mol. The van der Waals surface area contributed by atoms with Gasteiger partial charge < -0.3 is 14.8 Å². The number of imidazole rings is 1. The largest absolute Gasteiger partial charge is 0.337 e. The van der Waals surface area contributed by atoms with Gasteiger partial charge in [0.15, 0.2) is 0 Å². The molecule has 1 amide bonds. The van der Waals surface area contributed by atoms with Gasteiger partial charge in [0.1, 0.15) is 5.82 Å². The van der Waals surface area contributed by atoms with Gasteiger partial charge in [-0.1, -0.05) is 0 Å². The highest BCUT2D eigenvalue weighted by atomic mass is 16.2. The Morgan fingerprint density at radius 1 is 1.50 bits per heavy atom. The predicted molar refractivity (Wildman–Crippen MR) is 77.0 cm³/mol. The van der Waals surface area contributed by atoms with Gasteiger partial charge in [-0.3, -0.25) is 4.79 Å². The summed E-state index contributed by atoms with van der Waals surface area (Å²) in [6.07, 6.45) is 9.11. The summed E-state index contributed by atoms with van der Waals surface area (Å²) >= 11 is 0. The van der Waals surface area contributed by atoms with Crippen LogP contribution in [0.3, 0.4) is 0 Å². The summed E-state index contributed by atoms with van der Waals surface area (Å²) in [6, 6.07) is 0.454. The third kappa shape index (κ3) is 3.20. The molecule has 1 aromatic rings. The number of nitrogens with one attached hydrogen (secondary N) is 1. The van der Waals surface area contributed by atoms with Crippen molar-refractivity contribution >= 4 is 5.91 Å². The number of piperidine rings is 1. The van der Waals surface area contributed by atoms with Crippen molar-refractivity contribution in [1.82, 2.24) is 19.8 Å². The molecular weight excluding hydrogens is 252 g/mol. The van der Waals surface area contributed by atoms with Crippen LogP contribution < -0.4 is 5.32 Å². The van der Waals surface area contributed by atoms with Crippen molar-refractivity contribution in [3.8, 4) is 0 Å². The van der Waals surface area contributed by atoms with Gasteiger partial charge in [-0.15, -0.1) is 0 Å². The molecule has 1 saturated carbocycles. The highest BCUT2D eigenvalue weighted by Crippen LogP contribution is 2.29. The van der Waals surface area contributed by atoms with E-state index >= 15 is 0 Å². The fraction of sp³-hybridized carbons (Fsp3) is 0.733. The zero-order valence-corrected chi connectivity index (χ0v) is 12.2. The van der Waals surface area contributed by atoms with Gasteiger partial charge >= 0.3 is 0 Å². The van der Waals surface area contributed by atoms with Crippen molar-refractivity contribution in [3.63, 3.8) is 0 Å². The molecule has 5 heteroatoms. The minimum atomic E-state index is 0.309. The molecule has 110 valence electrons. The maximum absolute atomic E-state index is 12.6. The molecule has 1 unspecified atom stereocenters. The monoisotopic (exact) mass is 276 g/mol. The van der Waals surface area contributed by atoms with E-state index in [1.807, 2.05) is 17.8 Å². The SMILES string of the molecule is Cn1ccnc1CN(C(=O)CC1CCCNC1)C1CC1. The van der Waals surface area contributed by atoms with Gasteiger partial charge in [0, 0.05) is 31.9 Å². The van der Waals surface area contributed by atoms with Crippen LogP contribution in [0, 0.1) is 5.92 Å². The first-order chi connectivity index (χ1) is 9.74. The van der Waals surface area contributed by atoms with E-state index in [1.165, 1.54) is 12.8 Å². The lowest BCUT2D eigenvalue weighted by molar-refractivity contribution is -0.133. The minimum Gasteiger partial charge on any atom is -0.337 e. The Morgan fingerprint density at radius 2 is 2.35 bits per heavy atom. The summed E-state index contributed by atoms with van der Waals surface area (Å²) < 4.78 is 2.00. The van der Waals surface area contributed by atoms with Crippen LogP contribution in [0.2, 0.25) is 0 Å². The van der Waals surface area contributed by atoms with Crippen LogP contribution >= 0.6 is 0 Å². The van der Waals surface area contributed by atoms with E-state index in [9.17, 15) is 4.79 Å². The summed E-state index contributed by atoms with van der Waals surface area (Å²) in [6.45, 7) is 2.75. The summed E-state index contributed by atoms with van der Waals surface area (Å²) in [5, 5.41) is 3.39. The Labute approximate surface area is 120 Å². The molecule has 5 nitrogen and oxygen atoms in total. The minimum absolute atomic E-state index is 0.309. The molecule has 1 aliphatic heterocycles. The van der Waals surface area contributed by atoms with Crippen molar-refractivity contribution in [1.29, 1.82) is 0 Å². The molecule has 0 radical (unpaired) electrons. The second kappa shape index (κ2) is 5.95. The number of aromatic nitrogens is 2. The molecule has 1 aromatic heterocycles.